The van der Waals surface area contributed by atoms with Crippen molar-refractivity contribution >= 4 is 15.7 Å². The van der Waals surface area contributed by atoms with E-state index < -0.39 is 10.0 Å². The summed E-state index contributed by atoms with van der Waals surface area (Å²) < 4.78 is 27.1. The Morgan fingerprint density at radius 1 is 1.30 bits per heavy atom. The van der Waals surface area contributed by atoms with Crippen LogP contribution in [0, 0.1) is 6.92 Å². The second-order valence-corrected chi connectivity index (χ2v) is 7.20. The maximum absolute atomic E-state index is 12.8. The zero-order chi connectivity index (χ0) is 15.5. The molecule has 0 saturated carbocycles. The summed E-state index contributed by atoms with van der Waals surface area (Å²) in [6.07, 6.45) is 0. The maximum Gasteiger partial charge on any atom is 0.243 e. The monoisotopic (exact) mass is 299 g/mol. The average molecular weight is 299 g/mol. The van der Waals surface area contributed by atoms with Gasteiger partial charge in [0, 0.05) is 24.8 Å². The van der Waals surface area contributed by atoms with Crippen LogP contribution in [0.4, 0.5) is 5.69 Å². The summed E-state index contributed by atoms with van der Waals surface area (Å²) in [4.78, 5) is 2.28. The van der Waals surface area contributed by atoms with Crippen LogP contribution in [-0.4, -0.2) is 50.8 Å². The van der Waals surface area contributed by atoms with Crippen LogP contribution in [0.15, 0.2) is 23.1 Å². The molecule has 0 amide bonds. The van der Waals surface area contributed by atoms with E-state index in [9.17, 15) is 8.42 Å². The minimum Gasteiger partial charge on any atom is -0.399 e. The first-order valence-corrected chi connectivity index (χ1v) is 8.16. The third kappa shape index (κ3) is 3.71. The van der Waals surface area contributed by atoms with E-state index in [4.69, 9.17) is 5.73 Å². The van der Waals surface area contributed by atoms with Gasteiger partial charge in [0.1, 0.15) is 0 Å². The summed E-state index contributed by atoms with van der Waals surface area (Å²) >= 11 is 0. The molecule has 2 N–H and O–H groups in total. The normalized spacial score (nSPS) is 13.9. The van der Waals surface area contributed by atoms with Crippen molar-refractivity contribution in [3.05, 3.63) is 23.8 Å². The summed E-state index contributed by atoms with van der Waals surface area (Å²) in [5, 5.41) is 0. The number of nitrogens with two attached hydrogens (primary N) is 1. The molecule has 0 saturated heterocycles. The minimum atomic E-state index is -3.52. The van der Waals surface area contributed by atoms with Crippen LogP contribution in [-0.2, 0) is 10.0 Å². The topological polar surface area (TPSA) is 66.6 Å². The minimum absolute atomic E-state index is 0.0965. The van der Waals surface area contributed by atoms with E-state index >= 15 is 0 Å². The van der Waals surface area contributed by atoms with E-state index in [0.717, 1.165) is 5.56 Å². The molecular weight excluding hydrogens is 274 g/mol. The molecule has 1 atom stereocenters. The van der Waals surface area contributed by atoms with Gasteiger partial charge in [-0.05, 0) is 45.6 Å². The van der Waals surface area contributed by atoms with Gasteiger partial charge in [-0.1, -0.05) is 13.0 Å². The van der Waals surface area contributed by atoms with Gasteiger partial charge in [-0.25, -0.2) is 8.42 Å². The van der Waals surface area contributed by atoms with Crippen LogP contribution in [0.5, 0.6) is 0 Å². The highest BCUT2D eigenvalue weighted by atomic mass is 32.2. The lowest BCUT2D eigenvalue weighted by atomic mass is 10.2. The molecule has 0 aromatic heterocycles. The molecule has 1 aromatic rings. The van der Waals surface area contributed by atoms with Crippen molar-refractivity contribution < 1.29 is 8.42 Å². The fraction of sp³-hybridized carbons (Fsp3) is 0.571. The molecule has 0 radical (unpaired) electrons. The zero-order valence-electron chi connectivity index (χ0n) is 12.9. The van der Waals surface area contributed by atoms with E-state index in [1.54, 1.807) is 19.1 Å². The number of nitrogen functional groups attached to an aromatic ring is 1. The number of hydrogen-bond acceptors (Lipinski definition) is 4. The van der Waals surface area contributed by atoms with Gasteiger partial charge in [0.15, 0.2) is 0 Å². The van der Waals surface area contributed by atoms with E-state index in [1.807, 2.05) is 32.8 Å². The van der Waals surface area contributed by atoms with Crippen LogP contribution >= 0.6 is 0 Å². The number of nitrogens with zero attached hydrogens (tertiary/aromatic N) is 2. The third-order valence-electron chi connectivity index (χ3n) is 3.23. The number of likely N-dealkylation sites (N-methyl/N-ethyl adjacent to an activating group) is 2. The van der Waals surface area contributed by atoms with Gasteiger partial charge in [-0.15, -0.1) is 0 Å². The number of anilines is 1. The summed E-state index contributed by atoms with van der Waals surface area (Å²) in [7, 11) is 0.344. The van der Waals surface area contributed by atoms with Gasteiger partial charge in [0.25, 0.3) is 0 Å². The maximum atomic E-state index is 12.8. The van der Waals surface area contributed by atoms with Crippen molar-refractivity contribution in [3.63, 3.8) is 0 Å². The van der Waals surface area contributed by atoms with Crippen LogP contribution in [0.25, 0.3) is 0 Å². The van der Waals surface area contributed by atoms with Gasteiger partial charge < -0.3 is 10.6 Å². The Morgan fingerprint density at radius 2 is 1.90 bits per heavy atom. The first-order chi connectivity index (χ1) is 9.20. The highest BCUT2D eigenvalue weighted by Gasteiger charge is 2.29. The van der Waals surface area contributed by atoms with E-state index in [1.165, 1.54) is 10.4 Å². The smallest absolute Gasteiger partial charge is 0.243 e. The number of benzene rings is 1. The molecule has 1 rings (SSSR count). The van der Waals surface area contributed by atoms with Crippen molar-refractivity contribution in [1.82, 2.24) is 9.21 Å². The van der Waals surface area contributed by atoms with Gasteiger partial charge >= 0.3 is 0 Å². The lowest BCUT2D eigenvalue weighted by Crippen LogP contribution is -2.43. The number of hydrogen-bond donors (Lipinski definition) is 1. The fourth-order valence-electron chi connectivity index (χ4n) is 2.36. The number of rotatable bonds is 6. The van der Waals surface area contributed by atoms with Crippen LogP contribution in [0.2, 0.25) is 0 Å². The molecule has 0 aliphatic heterocycles. The molecule has 0 heterocycles. The summed E-state index contributed by atoms with van der Waals surface area (Å²) in [5.74, 6) is 0. The SMILES string of the molecule is CCN(C(C)CN(C)C)S(=O)(=O)c1cc(N)ccc1C. The molecule has 0 aliphatic carbocycles. The van der Waals surface area contributed by atoms with Crippen LogP contribution in [0.1, 0.15) is 19.4 Å². The Morgan fingerprint density at radius 3 is 2.40 bits per heavy atom. The first-order valence-electron chi connectivity index (χ1n) is 6.72. The van der Waals surface area contributed by atoms with Crippen molar-refractivity contribution in [2.75, 3.05) is 32.9 Å². The molecule has 1 unspecified atom stereocenters. The van der Waals surface area contributed by atoms with Crippen molar-refractivity contribution in [2.24, 2.45) is 0 Å². The average Bonchev–Trinajstić information content (AvgIpc) is 2.31. The first kappa shape index (κ1) is 16.9. The Kier molecular flexibility index (Phi) is 5.56. The third-order valence-corrected chi connectivity index (χ3v) is 5.46. The predicted octanol–water partition coefficient (Wildman–Crippen LogP) is 1.54. The Bertz CT molecular complexity index is 556. The molecule has 114 valence electrons. The fourth-order valence-corrected chi connectivity index (χ4v) is 4.25. The molecule has 0 aliphatic rings. The molecular formula is C14H25N3O2S. The number of sulfonamides is 1. The Labute approximate surface area is 122 Å². The summed E-state index contributed by atoms with van der Waals surface area (Å²) in [6, 6.07) is 4.90. The van der Waals surface area contributed by atoms with Gasteiger partial charge in [-0.3, -0.25) is 0 Å². The van der Waals surface area contributed by atoms with E-state index in [2.05, 4.69) is 0 Å². The van der Waals surface area contributed by atoms with Crippen molar-refractivity contribution in [2.45, 2.75) is 31.7 Å². The summed E-state index contributed by atoms with van der Waals surface area (Å²) in [5.41, 5.74) is 6.91. The zero-order valence-corrected chi connectivity index (χ0v) is 13.7. The second-order valence-electron chi connectivity index (χ2n) is 5.34. The molecule has 0 bridgehead atoms. The largest absolute Gasteiger partial charge is 0.399 e. The molecule has 0 spiro atoms. The lowest BCUT2D eigenvalue weighted by Gasteiger charge is -2.29. The van der Waals surface area contributed by atoms with Gasteiger partial charge in [0.2, 0.25) is 10.0 Å². The van der Waals surface area contributed by atoms with Gasteiger partial charge in [-0.2, -0.15) is 4.31 Å². The van der Waals surface area contributed by atoms with Crippen molar-refractivity contribution in [1.29, 1.82) is 0 Å². The predicted molar refractivity (Wildman–Crippen MR) is 83.2 cm³/mol. The molecule has 5 nitrogen and oxygen atoms in total. The quantitative estimate of drug-likeness (QED) is 0.809. The highest BCUT2D eigenvalue weighted by Crippen LogP contribution is 2.23. The van der Waals surface area contributed by atoms with Crippen molar-refractivity contribution in [3.8, 4) is 0 Å². The highest BCUT2D eigenvalue weighted by molar-refractivity contribution is 7.89. The number of aryl methyl sites for hydroxylation is 1. The Hall–Kier alpha value is -1.11. The van der Waals surface area contributed by atoms with Gasteiger partial charge in [0.05, 0.1) is 4.90 Å². The summed E-state index contributed by atoms with van der Waals surface area (Å²) in [6.45, 7) is 6.67. The molecule has 1 aromatic carbocycles. The Balaban J connectivity index is 3.21. The van der Waals surface area contributed by atoms with Crippen LogP contribution in [0.3, 0.4) is 0 Å². The molecule has 6 heteroatoms. The van der Waals surface area contributed by atoms with Crippen LogP contribution < -0.4 is 5.73 Å². The van der Waals surface area contributed by atoms with E-state index in [-0.39, 0.29) is 6.04 Å². The standard InChI is InChI=1S/C14H25N3O2S/c1-6-17(12(3)10-16(4)5)20(18,19)14-9-13(15)8-7-11(14)2/h7-9,12H,6,10,15H2,1-5H3. The molecule has 20 heavy (non-hydrogen) atoms. The molecule has 0 fully saturated rings. The lowest BCUT2D eigenvalue weighted by molar-refractivity contribution is 0.271. The van der Waals surface area contributed by atoms with E-state index in [0.29, 0.717) is 23.7 Å². The second kappa shape index (κ2) is 6.56.